The van der Waals surface area contributed by atoms with Crippen molar-refractivity contribution in [2.24, 2.45) is 7.05 Å². The fraction of sp³-hybridized carbons (Fsp3) is 0.235. The van der Waals surface area contributed by atoms with E-state index in [4.69, 9.17) is 4.74 Å². The summed E-state index contributed by atoms with van der Waals surface area (Å²) in [7, 11) is 1.66. The lowest BCUT2D eigenvalue weighted by atomic mass is 9.93. The second kappa shape index (κ2) is 12.3. The molecule has 5 aromatic rings. The van der Waals surface area contributed by atoms with Crippen LogP contribution >= 0.6 is 0 Å². The van der Waals surface area contributed by atoms with Gasteiger partial charge in [0.1, 0.15) is 23.7 Å². The summed E-state index contributed by atoms with van der Waals surface area (Å²) in [5, 5.41) is 6.71. The van der Waals surface area contributed by atoms with Gasteiger partial charge in [0.05, 0.1) is 0 Å². The Morgan fingerprint density at radius 3 is 2.24 bits per heavy atom. The van der Waals surface area contributed by atoms with Gasteiger partial charge in [-0.3, -0.25) is 14.3 Å². The number of para-hydroxylation sites is 1. The van der Waals surface area contributed by atoms with Crippen LogP contribution in [0.3, 0.4) is 0 Å². The number of carbonyl (C=O) groups is 1. The van der Waals surface area contributed by atoms with E-state index in [1.165, 1.54) is 4.57 Å². The summed E-state index contributed by atoms with van der Waals surface area (Å²) < 4.78 is 7.52. The molecule has 2 aromatic carbocycles. The summed E-state index contributed by atoms with van der Waals surface area (Å²) in [4.78, 5) is 35.9. The molecule has 3 aromatic heterocycles. The predicted octanol–water partition coefficient (Wildman–Crippen LogP) is 7.96. The predicted molar refractivity (Wildman–Crippen MR) is 172 cm³/mol. The molecule has 0 aliphatic heterocycles. The molecule has 3 heterocycles. The lowest BCUT2D eigenvalue weighted by Gasteiger charge is -2.21. The number of benzene rings is 2. The van der Waals surface area contributed by atoms with Crippen molar-refractivity contribution in [2.45, 2.75) is 46.1 Å². The zero-order valence-corrected chi connectivity index (χ0v) is 24.5. The number of hydrogen-bond donors (Lipinski definition) is 2. The van der Waals surface area contributed by atoms with E-state index in [-0.39, 0.29) is 25.9 Å². The minimum absolute atomic E-state index is 0. The number of ether oxygens (including phenoxy) is 1. The molecule has 8 nitrogen and oxygen atoms in total. The summed E-state index contributed by atoms with van der Waals surface area (Å²) in [5.74, 6) is 1.03. The van der Waals surface area contributed by atoms with Crippen molar-refractivity contribution < 1.29 is 12.4 Å². The van der Waals surface area contributed by atoms with Crippen molar-refractivity contribution in [3.05, 3.63) is 112 Å². The number of fused-ring (bicyclic) bond motifs is 1. The van der Waals surface area contributed by atoms with Gasteiger partial charge < -0.3 is 15.4 Å². The maximum Gasteiger partial charge on any atom is 0.323 e. The third-order valence-electron chi connectivity index (χ3n) is 7.27. The first-order chi connectivity index (χ1) is 20.2. The van der Waals surface area contributed by atoms with E-state index in [1.807, 2.05) is 66.7 Å². The Hall–Kier alpha value is -4.98. The maximum absolute atomic E-state index is 13.8. The Morgan fingerprint density at radius 1 is 0.881 bits per heavy atom. The van der Waals surface area contributed by atoms with Crippen molar-refractivity contribution in [2.75, 3.05) is 10.6 Å². The maximum atomic E-state index is 13.8. The number of nitrogens with zero attached hydrogens (tertiary/aromatic N) is 3. The van der Waals surface area contributed by atoms with Gasteiger partial charge in [-0.1, -0.05) is 58.0 Å². The van der Waals surface area contributed by atoms with E-state index in [1.54, 1.807) is 25.6 Å². The normalized spacial score (nSPS) is 11.2. The van der Waals surface area contributed by atoms with E-state index in [2.05, 4.69) is 48.3 Å². The summed E-state index contributed by atoms with van der Waals surface area (Å²) in [6, 6.07) is 20.6. The van der Waals surface area contributed by atoms with Gasteiger partial charge >= 0.3 is 6.03 Å². The zero-order valence-electron chi connectivity index (χ0n) is 24.5. The number of carbonyl (C=O) groups excluding carboxylic acids is 1. The number of aryl methyl sites for hydroxylation is 1. The summed E-state index contributed by atoms with van der Waals surface area (Å²) in [5.41, 5.74) is 5.43. The standard InChI is InChI=1S/C34H35N5O3.2H2/c1-21(2)26-11-7-12-27(22(3)4)30(26)37-34(41)38-31-29(28-13-8-16-36-32(28)39(5)33(31)40)24-9-6-10-25(19-24)42-20-23-14-17-35-18-15-23;;/h6-19,21-22H,20H2,1-5H3,(H2,37,38,41);2*1H. The molecule has 0 atom stereocenters. The number of aromatic nitrogens is 3. The molecule has 218 valence electrons. The van der Waals surface area contributed by atoms with Crippen LogP contribution in [0.15, 0.2) is 90.1 Å². The molecule has 0 aliphatic carbocycles. The van der Waals surface area contributed by atoms with Crippen LogP contribution in [0.5, 0.6) is 5.75 Å². The van der Waals surface area contributed by atoms with Gasteiger partial charge in [0.25, 0.3) is 5.56 Å². The summed E-state index contributed by atoms with van der Waals surface area (Å²) in [6.45, 7) is 8.74. The van der Waals surface area contributed by atoms with Gasteiger partial charge in [0.2, 0.25) is 0 Å². The largest absolute Gasteiger partial charge is 0.489 e. The SMILES string of the molecule is CC(C)c1cccc(C(C)C)c1NC(=O)Nc1c(-c2cccc(OCc3ccncc3)c2)c2cccnc2n(C)c1=O.[HH].[HH]. The van der Waals surface area contributed by atoms with E-state index in [0.717, 1.165) is 33.3 Å². The highest BCUT2D eigenvalue weighted by molar-refractivity contribution is 6.07. The number of urea groups is 1. The number of amides is 2. The molecule has 0 spiro atoms. The lowest BCUT2D eigenvalue weighted by molar-refractivity contribution is 0.262. The van der Waals surface area contributed by atoms with Crippen molar-refractivity contribution in [3.8, 4) is 16.9 Å². The number of pyridine rings is 3. The van der Waals surface area contributed by atoms with Crippen LogP contribution < -0.4 is 20.9 Å². The smallest absolute Gasteiger partial charge is 0.323 e. The Bertz CT molecular complexity index is 1780. The van der Waals surface area contributed by atoms with Crippen molar-refractivity contribution in [1.82, 2.24) is 14.5 Å². The van der Waals surface area contributed by atoms with E-state index in [9.17, 15) is 9.59 Å². The average molecular weight is 566 g/mol. The van der Waals surface area contributed by atoms with E-state index < -0.39 is 6.03 Å². The van der Waals surface area contributed by atoms with Gasteiger partial charge in [-0.25, -0.2) is 9.78 Å². The molecule has 0 bridgehead atoms. The first-order valence-electron chi connectivity index (χ1n) is 14.0. The number of nitrogens with one attached hydrogen (secondary N) is 2. The molecule has 0 saturated carbocycles. The molecule has 0 aliphatic rings. The van der Waals surface area contributed by atoms with Crippen LogP contribution in [0.2, 0.25) is 0 Å². The first kappa shape index (κ1) is 28.5. The highest BCUT2D eigenvalue weighted by Gasteiger charge is 2.22. The molecule has 0 saturated heterocycles. The van der Waals surface area contributed by atoms with Crippen LogP contribution in [0.1, 0.15) is 59.1 Å². The fourth-order valence-corrected chi connectivity index (χ4v) is 5.12. The Labute approximate surface area is 248 Å². The van der Waals surface area contributed by atoms with Crippen LogP contribution in [-0.4, -0.2) is 20.6 Å². The van der Waals surface area contributed by atoms with Gasteiger partial charge in [-0.05, 0) is 70.5 Å². The van der Waals surface area contributed by atoms with Crippen molar-refractivity contribution >= 4 is 28.4 Å². The molecule has 0 fully saturated rings. The van der Waals surface area contributed by atoms with Crippen LogP contribution in [0, 0.1) is 0 Å². The molecule has 2 amide bonds. The lowest BCUT2D eigenvalue weighted by Crippen LogP contribution is -2.29. The quantitative estimate of drug-likeness (QED) is 0.199. The van der Waals surface area contributed by atoms with Crippen LogP contribution in [0.25, 0.3) is 22.2 Å². The molecule has 0 unspecified atom stereocenters. The minimum Gasteiger partial charge on any atom is -0.489 e. The molecular weight excluding hydrogens is 526 g/mol. The first-order valence-corrected chi connectivity index (χ1v) is 14.0. The Balaban J connectivity index is 0.00000264. The monoisotopic (exact) mass is 565 g/mol. The van der Waals surface area contributed by atoms with Crippen LogP contribution in [-0.2, 0) is 13.7 Å². The van der Waals surface area contributed by atoms with Crippen molar-refractivity contribution in [3.63, 3.8) is 0 Å². The van der Waals surface area contributed by atoms with E-state index in [0.29, 0.717) is 23.6 Å². The highest BCUT2D eigenvalue weighted by Crippen LogP contribution is 2.36. The minimum atomic E-state index is -0.489. The third-order valence-corrected chi connectivity index (χ3v) is 7.27. The Morgan fingerprint density at radius 2 is 1.55 bits per heavy atom. The molecule has 42 heavy (non-hydrogen) atoms. The summed E-state index contributed by atoms with van der Waals surface area (Å²) in [6.07, 6.45) is 5.09. The van der Waals surface area contributed by atoms with Crippen molar-refractivity contribution in [1.29, 1.82) is 0 Å². The summed E-state index contributed by atoms with van der Waals surface area (Å²) >= 11 is 0. The number of anilines is 2. The van der Waals surface area contributed by atoms with E-state index >= 15 is 0 Å². The van der Waals surface area contributed by atoms with Gasteiger partial charge in [0, 0.05) is 45.1 Å². The van der Waals surface area contributed by atoms with Gasteiger partial charge in [-0.15, -0.1) is 0 Å². The Kier molecular flexibility index (Phi) is 8.33. The third kappa shape index (κ3) is 5.88. The molecule has 0 radical (unpaired) electrons. The topological polar surface area (TPSA) is 98.1 Å². The second-order valence-corrected chi connectivity index (χ2v) is 10.9. The molecule has 8 heteroatoms. The van der Waals surface area contributed by atoms with Gasteiger partial charge in [-0.2, -0.15) is 0 Å². The molecular formula is C34H39N5O3. The number of rotatable bonds is 8. The average Bonchev–Trinajstić information content (AvgIpc) is 2.99. The second-order valence-electron chi connectivity index (χ2n) is 10.9. The molecule has 2 N–H and O–H groups in total. The van der Waals surface area contributed by atoms with Crippen LogP contribution in [0.4, 0.5) is 16.2 Å². The highest BCUT2D eigenvalue weighted by atomic mass is 16.5. The zero-order chi connectivity index (χ0) is 29.8. The number of hydrogen-bond acceptors (Lipinski definition) is 5. The fourth-order valence-electron chi connectivity index (χ4n) is 5.12. The molecule has 5 rings (SSSR count). The van der Waals surface area contributed by atoms with Gasteiger partial charge in [0.15, 0.2) is 0 Å².